The fraction of sp³-hybridized carbons (Fsp3) is 1.00. The molecule has 458 valence electrons. The van der Waals surface area contributed by atoms with E-state index in [4.69, 9.17) is 0 Å². The summed E-state index contributed by atoms with van der Waals surface area (Å²) < 4.78 is 0. The molecule has 0 bridgehead atoms. The van der Waals surface area contributed by atoms with Crippen molar-refractivity contribution in [2.24, 2.45) is 43.8 Å². The largest absolute Gasteiger partial charge is 0.306 e. The van der Waals surface area contributed by atoms with Gasteiger partial charge in [-0.3, -0.25) is 0 Å². The number of hydrogen-bond donors (Lipinski definition) is 0. The highest BCUT2D eigenvalue weighted by Crippen LogP contribution is 2.31. The van der Waals surface area contributed by atoms with E-state index in [0.717, 1.165) is 12.0 Å². The predicted molar refractivity (Wildman–Crippen MR) is 347 cm³/mol. The maximum atomic E-state index is 2.63. The summed E-state index contributed by atoms with van der Waals surface area (Å²) in [7, 11) is 6.70. The van der Waals surface area contributed by atoms with Crippen molar-refractivity contribution in [2.45, 2.75) is 299 Å². The van der Waals surface area contributed by atoms with Gasteiger partial charge in [0.2, 0.25) is 0 Å². The molecule has 0 aromatic rings. The SMILES string of the molecule is CC(C)(C)CCCCCC(C)(C)C.CC(C)(C)CCCCN1CCCC1.CC(C)(C)CCCN1CCCCC1.CN1CCC(CC(C)(C)C)CC1.CN1CCCC1CCCC(C)(C)C.CN1CCN(CC(C)(C)C)CC1. The Labute approximate surface area is 482 Å². The first kappa shape index (κ1) is 75.8. The van der Waals surface area contributed by atoms with Gasteiger partial charge in [-0.15, -0.1) is 0 Å². The lowest BCUT2D eigenvalue weighted by Crippen LogP contribution is -2.47. The highest BCUT2D eigenvalue weighted by atomic mass is 15.2. The smallest absolute Gasteiger partial charge is 0.0110 e. The molecular formula is C70H148N6. The number of likely N-dealkylation sites (N-methyl/N-ethyl adjacent to an activating group) is 1. The van der Waals surface area contributed by atoms with Crippen molar-refractivity contribution in [1.29, 1.82) is 0 Å². The molecular weight excluding hydrogens is 925 g/mol. The Bertz CT molecular complexity index is 1260. The summed E-state index contributed by atoms with van der Waals surface area (Å²) >= 11 is 0. The fourth-order valence-electron chi connectivity index (χ4n) is 11.5. The second kappa shape index (κ2) is 38.5. The van der Waals surface area contributed by atoms with Crippen LogP contribution in [0.1, 0.15) is 293 Å². The first-order chi connectivity index (χ1) is 34.8. The van der Waals surface area contributed by atoms with E-state index in [1.807, 2.05) is 0 Å². The molecule has 5 rings (SSSR count). The first-order valence-corrected chi connectivity index (χ1v) is 33.0. The van der Waals surface area contributed by atoms with Crippen molar-refractivity contribution in [2.75, 3.05) is 113 Å². The van der Waals surface area contributed by atoms with E-state index in [9.17, 15) is 0 Å². The molecule has 0 aliphatic carbocycles. The Morgan fingerprint density at radius 1 is 0.303 bits per heavy atom. The van der Waals surface area contributed by atoms with Crippen LogP contribution in [0.4, 0.5) is 0 Å². The molecule has 76 heavy (non-hydrogen) atoms. The van der Waals surface area contributed by atoms with Gasteiger partial charge < -0.3 is 29.4 Å². The van der Waals surface area contributed by atoms with E-state index in [2.05, 4.69) is 196 Å². The van der Waals surface area contributed by atoms with Crippen LogP contribution in [0.2, 0.25) is 0 Å². The van der Waals surface area contributed by atoms with E-state index >= 15 is 0 Å². The van der Waals surface area contributed by atoms with Gasteiger partial charge in [-0.2, -0.15) is 0 Å². The molecule has 1 unspecified atom stereocenters. The monoisotopic (exact) mass is 1070 g/mol. The molecule has 0 spiro atoms. The second-order valence-electron chi connectivity index (χ2n) is 34.2. The molecule has 5 aliphatic heterocycles. The topological polar surface area (TPSA) is 19.4 Å². The Morgan fingerprint density at radius 2 is 0.684 bits per heavy atom. The van der Waals surface area contributed by atoms with Crippen LogP contribution in [0.5, 0.6) is 0 Å². The number of rotatable bonds is 16. The summed E-state index contributed by atoms with van der Waals surface area (Å²) in [4.78, 5) is 15.2. The van der Waals surface area contributed by atoms with E-state index in [0.29, 0.717) is 37.9 Å². The van der Waals surface area contributed by atoms with E-state index < -0.39 is 0 Å². The quantitative estimate of drug-likeness (QED) is 0.143. The van der Waals surface area contributed by atoms with Crippen LogP contribution in [0, 0.1) is 43.8 Å². The third kappa shape index (κ3) is 51.9. The third-order valence-corrected chi connectivity index (χ3v) is 16.2. The molecule has 1 atom stereocenters. The Kier molecular flexibility index (Phi) is 38.4. The van der Waals surface area contributed by atoms with Crippen molar-refractivity contribution < 1.29 is 0 Å². The zero-order chi connectivity index (χ0) is 58.3. The first-order valence-electron chi connectivity index (χ1n) is 33.0. The van der Waals surface area contributed by atoms with Crippen LogP contribution >= 0.6 is 0 Å². The molecule has 5 heterocycles. The minimum Gasteiger partial charge on any atom is -0.306 e. The summed E-state index contributed by atoms with van der Waals surface area (Å²) in [6.07, 6.45) is 32.3. The maximum Gasteiger partial charge on any atom is 0.0110 e. The molecule has 5 fully saturated rings. The molecule has 0 amide bonds. The van der Waals surface area contributed by atoms with Crippen LogP contribution in [0.25, 0.3) is 0 Å². The van der Waals surface area contributed by atoms with Gasteiger partial charge in [0.15, 0.2) is 0 Å². The van der Waals surface area contributed by atoms with E-state index in [1.165, 1.54) is 239 Å². The lowest BCUT2D eigenvalue weighted by Gasteiger charge is -2.36. The molecule has 0 aromatic heterocycles. The molecule has 0 N–H and O–H groups in total. The number of hydrogen-bond acceptors (Lipinski definition) is 6. The number of piperazine rings is 1. The average molecular weight is 1070 g/mol. The molecule has 0 saturated carbocycles. The molecule has 0 radical (unpaired) electrons. The predicted octanol–water partition coefficient (Wildman–Crippen LogP) is 19.0. The van der Waals surface area contributed by atoms with Crippen molar-refractivity contribution >= 4 is 0 Å². The standard InChI is InChI=1S/C13H28.3C12H25N.C11H23N.C10H22N2/c1-12(2,3)10-8-7-9-11-13(4,5)6;1-12(2,3)9-5-7-11-8-6-10-13(11)4;1-12(2,3)8-4-5-9-13-10-6-7-11-13;1-12(2,3)8-7-11-13-9-5-4-6-10-13;1-11(2,3)9-10-5-7-12(4)8-6-10;1-10(2,3)9-12-7-5-11(4)6-8-12/h7-11H2,1-6H3;11H,5-10H2,1-4H3;2*4-11H2,1-3H3;10H,5-9H2,1-4H3;5-9H2,1-4H3. The van der Waals surface area contributed by atoms with Gasteiger partial charge in [0.1, 0.15) is 0 Å². The highest BCUT2D eigenvalue weighted by Gasteiger charge is 2.24. The van der Waals surface area contributed by atoms with Crippen molar-refractivity contribution in [3.63, 3.8) is 0 Å². The summed E-state index contributed by atoms with van der Waals surface area (Å²) in [6, 6.07) is 0.891. The average Bonchev–Trinajstić information content (AvgIpc) is 3.94. The van der Waals surface area contributed by atoms with Crippen molar-refractivity contribution in [3.05, 3.63) is 0 Å². The van der Waals surface area contributed by atoms with Crippen molar-refractivity contribution in [1.82, 2.24) is 29.4 Å². The minimum atomic E-state index is 0.454. The van der Waals surface area contributed by atoms with E-state index in [1.54, 1.807) is 0 Å². The summed E-state index contributed by atoms with van der Waals surface area (Å²) in [5.41, 5.74) is 3.62. The summed E-state index contributed by atoms with van der Waals surface area (Å²) in [6.45, 7) is 67.2. The summed E-state index contributed by atoms with van der Waals surface area (Å²) in [5.74, 6) is 0.987. The maximum absolute atomic E-state index is 2.63. The van der Waals surface area contributed by atoms with Crippen LogP contribution in [-0.4, -0.2) is 148 Å². The number of unbranched alkanes of at least 4 members (excludes halogenated alkanes) is 3. The number of piperidine rings is 2. The normalized spacial score (nSPS) is 20.8. The summed E-state index contributed by atoms with van der Waals surface area (Å²) in [5, 5.41) is 0. The van der Waals surface area contributed by atoms with Gasteiger partial charge in [0.05, 0.1) is 0 Å². The molecule has 6 heteroatoms. The van der Waals surface area contributed by atoms with Crippen LogP contribution in [-0.2, 0) is 0 Å². The van der Waals surface area contributed by atoms with Crippen molar-refractivity contribution in [3.8, 4) is 0 Å². The van der Waals surface area contributed by atoms with Gasteiger partial charge in [-0.1, -0.05) is 184 Å². The Morgan fingerprint density at radius 3 is 1.08 bits per heavy atom. The highest BCUT2D eigenvalue weighted by molar-refractivity contribution is 4.78. The minimum absolute atomic E-state index is 0.454. The van der Waals surface area contributed by atoms with E-state index in [-0.39, 0.29) is 0 Å². The molecule has 5 saturated heterocycles. The molecule has 5 aliphatic rings. The second-order valence-corrected chi connectivity index (χ2v) is 34.2. The van der Waals surface area contributed by atoms with Gasteiger partial charge in [0, 0.05) is 38.8 Å². The van der Waals surface area contributed by atoms with Crippen LogP contribution in [0.15, 0.2) is 0 Å². The molecule has 0 aromatic carbocycles. The molecule has 6 nitrogen and oxygen atoms in total. The fourth-order valence-corrected chi connectivity index (χ4v) is 11.5. The lowest BCUT2D eigenvalue weighted by molar-refractivity contribution is 0.117. The number of likely N-dealkylation sites (tertiary alicyclic amines) is 4. The van der Waals surface area contributed by atoms with Gasteiger partial charge in [0.25, 0.3) is 0 Å². The van der Waals surface area contributed by atoms with Gasteiger partial charge in [-0.05, 0) is 233 Å². The zero-order valence-electron chi connectivity index (χ0n) is 57.5. The Balaban J connectivity index is 0.000000888. The lowest BCUT2D eigenvalue weighted by atomic mass is 9.80. The van der Waals surface area contributed by atoms with Crippen LogP contribution < -0.4 is 0 Å². The Hall–Kier alpha value is -0.240. The van der Waals surface area contributed by atoms with Gasteiger partial charge >= 0.3 is 0 Å². The van der Waals surface area contributed by atoms with Gasteiger partial charge in [-0.25, -0.2) is 0 Å². The number of nitrogens with zero attached hydrogens (tertiary/aromatic N) is 6. The van der Waals surface area contributed by atoms with Crippen LogP contribution in [0.3, 0.4) is 0 Å². The third-order valence-electron chi connectivity index (χ3n) is 16.2. The zero-order valence-corrected chi connectivity index (χ0v) is 57.5.